The van der Waals surface area contributed by atoms with Crippen molar-refractivity contribution < 1.29 is 64.7 Å². The average molecular weight is 474 g/mol. The summed E-state index contributed by atoms with van der Waals surface area (Å²) >= 11 is 0. The van der Waals surface area contributed by atoms with Crippen LogP contribution in [-0.4, -0.2) is 58.8 Å². The number of phenols is 7. The van der Waals surface area contributed by atoms with Crippen molar-refractivity contribution in [2.45, 2.75) is 0 Å². The number of aromatic hydroxyl groups is 7. The van der Waals surface area contributed by atoms with Crippen LogP contribution in [0.25, 0.3) is 0 Å². The summed E-state index contributed by atoms with van der Waals surface area (Å²) < 4.78 is 9.72. The van der Waals surface area contributed by atoms with Gasteiger partial charge in [0, 0.05) is 0 Å². The maximum Gasteiger partial charge on any atom is 0.343 e. The number of ether oxygens (including phenoxy) is 2. The molecule has 8 N–H and O–H groups in total. The monoisotopic (exact) mass is 474 g/mol. The largest absolute Gasteiger partial charge is 0.504 e. The normalized spacial score (nSPS) is 10.5. The Hall–Kier alpha value is -5.33. The third-order valence-electron chi connectivity index (χ3n) is 4.30. The van der Waals surface area contributed by atoms with E-state index in [9.17, 15) is 50.1 Å². The van der Waals surface area contributed by atoms with E-state index in [1.54, 1.807) is 0 Å². The maximum atomic E-state index is 12.5. The fourth-order valence-electron chi connectivity index (χ4n) is 2.62. The molecule has 0 amide bonds. The number of carboxylic acids is 1. The molecule has 13 heteroatoms. The first-order valence-electron chi connectivity index (χ1n) is 8.93. The van der Waals surface area contributed by atoms with Crippen molar-refractivity contribution in [3.05, 3.63) is 53.1 Å². The lowest BCUT2D eigenvalue weighted by Crippen LogP contribution is -2.12. The third-order valence-corrected chi connectivity index (χ3v) is 4.30. The van der Waals surface area contributed by atoms with Crippen LogP contribution in [0.2, 0.25) is 0 Å². The number of carboxylic acid groups (broad SMARTS) is 1. The van der Waals surface area contributed by atoms with E-state index in [-0.39, 0.29) is 0 Å². The SMILES string of the molecule is O=C(O)c1cc(O)c(O)c(OC(=O)c2cc(O)c(O)c(OC(=O)c3cc(O)c(O)c(O)c3)c2)c1. The van der Waals surface area contributed by atoms with Gasteiger partial charge in [-0.15, -0.1) is 0 Å². The van der Waals surface area contributed by atoms with E-state index in [2.05, 4.69) is 0 Å². The molecule has 0 bridgehead atoms. The van der Waals surface area contributed by atoms with E-state index < -0.39 is 86.3 Å². The molecule has 0 saturated carbocycles. The van der Waals surface area contributed by atoms with Crippen LogP contribution in [0.4, 0.5) is 0 Å². The van der Waals surface area contributed by atoms with Crippen molar-refractivity contribution in [1.82, 2.24) is 0 Å². The summed E-state index contributed by atoms with van der Waals surface area (Å²) in [5.41, 5.74) is -1.55. The minimum atomic E-state index is -1.50. The lowest BCUT2D eigenvalue weighted by molar-refractivity contribution is 0.0685. The summed E-state index contributed by atoms with van der Waals surface area (Å²) in [4.78, 5) is 35.9. The molecule has 0 aliphatic carbocycles. The van der Waals surface area contributed by atoms with Crippen molar-refractivity contribution in [3.8, 4) is 51.7 Å². The number of carbonyl (C=O) groups excluding carboxylic acids is 2. The molecule has 176 valence electrons. The molecule has 0 heterocycles. The van der Waals surface area contributed by atoms with Crippen LogP contribution >= 0.6 is 0 Å². The van der Waals surface area contributed by atoms with Gasteiger partial charge in [-0.25, -0.2) is 14.4 Å². The summed E-state index contributed by atoms with van der Waals surface area (Å²) in [7, 11) is 0. The molecule has 0 radical (unpaired) electrons. The van der Waals surface area contributed by atoms with Crippen molar-refractivity contribution in [2.24, 2.45) is 0 Å². The number of benzene rings is 3. The van der Waals surface area contributed by atoms with Crippen molar-refractivity contribution in [1.29, 1.82) is 0 Å². The molecule has 3 aromatic carbocycles. The van der Waals surface area contributed by atoms with Gasteiger partial charge in [0.25, 0.3) is 0 Å². The minimum Gasteiger partial charge on any atom is -0.504 e. The molecule has 0 aliphatic heterocycles. The topological polar surface area (TPSA) is 232 Å². The number of aromatic carboxylic acids is 1. The minimum absolute atomic E-state index is 0.481. The van der Waals surface area contributed by atoms with Gasteiger partial charge in [-0.3, -0.25) is 0 Å². The Balaban J connectivity index is 1.92. The highest BCUT2D eigenvalue weighted by Crippen LogP contribution is 2.40. The molecule has 34 heavy (non-hydrogen) atoms. The smallest absolute Gasteiger partial charge is 0.343 e. The molecular weight excluding hydrogens is 460 g/mol. The summed E-state index contributed by atoms with van der Waals surface area (Å²) in [6, 6.07) is 4.35. The molecule has 0 saturated heterocycles. The average Bonchev–Trinajstić information content (AvgIpc) is 2.77. The Bertz CT molecular complexity index is 1320. The highest BCUT2D eigenvalue weighted by Gasteiger charge is 2.23. The Morgan fingerprint density at radius 2 is 0.824 bits per heavy atom. The van der Waals surface area contributed by atoms with Crippen LogP contribution in [0.5, 0.6) is 51.7 Å². The predicted octanol–water partition coefficient (Wildman–Crippen LogP) is 1.76. The van der Waals surface area contributed by atoms with E-state index in [0.717, 1.165) is 24.3 Å². The summed E-state index contributed by atoms with van der Waals surface area (Å²) in [6.45, 7) is 0. The molecular formula is C21H14O13. The highest BCUT2D eigenvalue weighted by molar-refractivity contribution is 5.96. The zero-order valence-electron chi connectivity index (χ0n) is 16.6. The van der Waals surface area contributed by atoms with Crippen LogP contribution in [0.3, 0.4) is 0 Å². The van der Waals surface area contributed by atoms with E-state index in [4.69, 9.17) is 14.6 Å². The van der Waals surface area contributed by atoms with Gasteiger partial charge >= 0.3 is 17.9 Å². The Kier molecular flexibility index (Phi) is 5.94. The van der Waals surface area contributed by atoms with Crippen molar-refractivity contribution in [3.63, 3.8) is 0 Å². The maximum absolute atomic E-state index is 12.5. The van der Waals surface area contributed by atoms with Crippen LogP contribution in [0, 0.1) is 0 Å². The quantitative estimate of drug-likeness (QED) is 0.150. The van der Waals surface area contributed by atoms with Gasteiger partial charge in [-0.1, -0.05) is 0 Å². The third kappa shape index (κ3) is 4.47. The van der Waals surface area contributed by atoms with Gasteiger partial charge in [0.2, 0.25) is 11.5 Å². The molecule has 0 aliphatic rings. The van der Waals surface area contributed by atoms with Crippen LogP contribution < -0.4 is 9.47 Å². The van der Waals surface area contributed by atoms with E-state index in [1.807, 2.05) is 0 Å². The first-order valence-corrected chi connectivity index (χ1v) is 8.93. The summed E-state index contributed by atoms with van der Waals surface area (Å²) in [5.74, 6) is -12.0. The molecule has 3 aromatic rings. The van der Waals surface area contributed by atoms with E-state index in [0.29, 0.717) is 12.1 Å². The first-order chi connectivity index (χ1) is 15.9. The summed E-state index contributed by atoms with van der Waals surface area (Å²) in [5, 5.41) is 76.7. The van der Waals surface area contributed by atoms with Gasteiger partial charge in [0.1, 0.15) is 0 Å². The Morgan fingerprint density at radius 3 is 1.24 bits per heavy atom. The number of rotatable bonds is 5. The van der Waals surface area contributed by atoms with Gasteiger partial charge in [0.15, 0.2) is 40.2 Å². The Morgan fingerprint density at radius 1 is 0.500 bits per heavy atom. The van der Waals surface area contributed by atoms with Gasteiger partial charge in [0.05, 0.1) is 16.7 Å². The molecule has 0 atom stereocenters. The number of hydrogen-bond acceptors (Lipinski definition) is 12. The fourth-order valence-corrected chi connectivity index (χ4v) is 2.62. The molecule has 0 fully saturated rings. The molecule has 3 rings (SSSR count). The van der Waals surface area contributed by atoms with E-state index in [1.165, 1.54) is 0 Å². The second kappa shape index (κ2) is 8.66. The van der Waals surface area contributed by atoms with Gasteiger partial charge < -0.3 is 50.3 Å². The zero-order valence-corrected chi connectivity index (χ0v) is 16.6. The predicted molar refractivity (Wildman–Crippen MR) is 108 cm³/mol. The number of carbonyl (C=O) groups is 3. The second-order valence-electron chi connectivity index (χ2n) is 6.63. The molecule has 0 aromatic heterocycles. The van der Waals surface area contributed by atoms with Crippen LogP contribution in [0.1, 0.15) is 31.1 Å². The number of hydrogen-bond donors (Lipinski definition) is 8. The number of phenolic OH excluding ortho intramolecular Hbond substituents is 7. The Labute approximate surface area is 188 Å². The van der Waals surface area contributed by atoms with Crippen molar-refractivity contribution >= 4 is 17.9 Å². The summed E-state index contributed by atoms with van der Waals surface area (Å²) in [6.07, 6.45) is 0. The lowest BCUT2D eigenvalue weighted by Gasteiger charge is -2.12. The van der Waals surface area contributed by atoms with Crippen LogP contribution in [0.15, 0.2) is 36.4 Å². The van der Waals surface area contributed by atoms with Gasteiger partial charge in [-0.05, 0) is 36.4 Å². The lowest BCUT2D eigenvalue weighted by atomic mass is 10.1. The highest BCUT2D eigenvalue weighted by atomic mass is 16.5. The fraction of sp³-hybridized carbons (Fsp3) is 0. The second-order valence-corrected chi connectivity index (χ2v) is 6.63. The van der Waals surface area contributed by atoms with Gasteiger partial charge in [-0.2, -0.15) is 0 Å². The first kappa shape index (κ1) is 23.3. The van der Waals surface area contributed by atoms with E-state index >= 15 is 0 Å². The standard InChI is InChI=1S/C21H14O13/c22-10-2-8(3-11(23)16(10)26)20(31)34-15-6-9(4-13(25)18(15)28)21(32)33-14-5-7(19(29)30)1-12(24)17(14)27/h1-6,22-28H,(H,29,30). The molecule has 0 spiro atoms. The molecule has 13 nitrogen and oxygen atoms in total. The van der Waals surface area contributed by atoms with Crippen LogP contribution in [-0.2, 0) is 0 Å². The molecule has 0 unspecified atom stereocenters. The number of esters is 2. The zero-order chi connectivity index (χ0) is 25.3. The van der Waals surface area contributed by atoms with Crippen molar-refractivity contribution in [2.75, 3.05) is 0 Å².